The zero-order valence-electron chi connectivity index (χ0n) is 18.6. The van der Waals surface area contributed by atoms with Crippen molar-refractivity contribution in [1.82, 2.24) is 15.2 Å². The fourth-order valence-electron chi connectivity index (χ4n) is 3.49. The smallest absolute Gasteiger partial charge is 0.213 e. The summed E-state index contributed by atoms with van der Waals surface area (Å²) in [6, 6.07) is 14.2. The molecule has 0 radical (unpaired) electrons. The van der Waals surface area contributed by atoms with Crippen LogP contribution < -0.4 is 10.1 Å². The van der Waals surface area contributed by atoms with E-state index in [9.17, 15) is 0 Å². The van der Waals surface area contributed by atoms with Gasteiger partial charge in [-0.25, -0.2) is 9.98 Å². The molecule has 1 N–H and O–H groups in total. The number of hydrogen-bond donors (Lipinski definition) is 1. The molecule has 2 aromatic rings. The monoisotopic (exact) mass is 426 g/mol. The Bertz CT molecular complexity index is 783. The highest BCUT2D eigenvalue weighted by molar-refractivity contribution is 5.80. The summed E-state index contributed by atoms with van der Waals surface area (Å²) in [5.74, 6) is 2.08. The number of aromatic nitrogens is 1. The van der Waals surface area contributed by atoms with Gasteiger partial charge in [0.05, 0.1) is 26.4 Å². The first-order valence-corrected chi connectivity index (χ1v) is 11.0. The second-order valence-corrected chi connectivity index (χ2v) is 7.62. The number of benzene rings is 1. The highest BCUT2D eigenvalue weighted by Crippen LogP contribution is 2.18. The average Bonchev–Trinajstić information content (AvgIpc) is 3.27. The van der Waals surface area contributed by atoms with Crippen LogP contribution in [0.5, 0.6) is 5.88 Å². The van der Waals surface area contributed by atoms with Crippen LogP contribution in [0.3, 0.4) is 0 Å². The highest BCUT2D eigenvalue weighted by Gasteiger charge is 2.25. The van der Waals surface area contributed by atoms with Crippen LogP contribution in [0.4, 0.5) is 0 Å². The predicted octanol–water partition coefficient (Wildman–Crippen LogP) is 3.11. The molecule has 1 unspecified atom stereocenters. The largest absolute Gasteiger partial charge is 0.475 e. The third-order valence-corrected chi connectivity index (χ3v) is 5.13. The summed E-state index contributed by atoms with van der Waals surface area (Å²) in [6.07, 6.45) is 2.94. The maximum Gasteiger partial charge on any atom is 0.213 e. The lowest BCUT2D eigenvalue weighted by molar-refractivity contribution is 0.0906. The van der Waals surface area contributed by atoms with Gasteiger partial charge in [0.1, 0.15) is 6.61 Å². The van der Waals surface area contributed by atoms with E-state index in [0.29, 0.717) is 38.2 Å². The molecule has 1 aromatic carbocycles. The molecule has 168 valence electrons. The normalized spacial score (nSPS) is 16.5. The molecule has 7 nitrogen and oxygen atoms in total. The quantitative estimate of drug-likeness (QED) is 0.338. The van der Waals surface area contributed by atoms with Crippen LogP contribution in [0.15, 0.2) is 53.7 Å². The topological polar surface area (TPSA) is 68.2 Å². The van der Waals surface area contributed by atoms with E-state index in [2.05, 4.69) is 34.3 Å². The molecule has 0 spiro atoms. The van der Waals surface area contributed by atoms with Gasteiger partial charge in [0.25, 0.3) is 0 Å². The number of pyridine rings is 1. The minimum Gasteiger partial charge on any atom is -0.475 e. The Morgan fingerprint density at radius 2 is 2.03 bits per heavy atom. The van der Waals surface area contributed by atoms with Crippen LogP contribution in [0.2, 0.25) is 0 Å². The maximum absolute atomic E-state index is 5.95. The molecule has 1 fully saturated rings. The second-order valence-electron chi connectivity index (χ2n) is 7.62. The molecule has 1 atom stereocenters. The van der Waals surface area contributed by atoms with Gasteiger partial charge < -0.3 is 24.4 Å². The van der Waals surface area contributed by atoms with Crippen molar-refractivity contribution in [2.45, 2.75) is 26.5 Å². The number of aliphatic imine (C=N–C) groups is 1. The number of nitrogens with one attached hydrogen (secondary N) is 1. The lowest BCUT2D eigenvalue weighted by Crippen LogP contribution is -2.40. The van der Waals surface area contributed by atoms with Gasteiger partial charge >= 0.3 is 0 Å². The van der Waals surface area contributed by atoms with E-state index in [1.54, 1.807) is 7.11 Å². The number of nitrogens with zero attached hydrogens (tertiary/aromatic N) is 3. The van der Waals surface area contributed by atoms with Crippen LogP contribution in [-0.2, 0) is 22.6 Å². The molecule has 0 saturated carbocycles. The van der Waals surface area contributed by atoms with Crippen molar-refractivity contribution < 1.29 is 14.2 Å². The molecule has 31 heavy (non-hydrogen) atoms. The number of hydrogen-bond acceptors (Lipinski definition) is 5. The first kappa shape index (κ1) is 23.0. The summed E-state index contributed by atoms with van der Waals surface area (Å²) >= 11 is 0. The third kappa shape index (κ3) is 7.84. The zero-order valence-corrected chi connectivity index (χ0v) is 18.6. The van der Waals surface area contributed by atoms with Gasteiger partial charge in [0, 0.05) is 44.9 Å². The Labute approximate surface area is 185 Å². The van der Waals surface area contributed by atoms with E-state index in [-0.39, 0.29) is 0 Å². The molecule has 0 aliphatic carbocycles. The summed E-state index contributed by atoms with van der Waals surface area (Å²) in [7, 11) is 1.65. The van der Waals surface area contributed by atoms with Crippen molar-refractivity contribution in [3.05, 3.63) is 59.8 Å². The van der Waals surface area contributed by atoms with Crippen LogP contribution in [0.25, 0.3) is 0 Å². The number of rotatable bonds is 11. The number of likely N-dealkylation sites (tertiary alicyclic amines) is 1. The summed E-state index contributed by atoms with van der Waals surface area (Å²) < 4.78 is 16.5. The van der Waals surface area contributed by atoms with Crippen molar-refractivity contribution in [1.29, 1.82) is 0 Å². The fourth-order valence-corrected chi connectivity index (χ4v) is 3.49. The molecule has 0 amide bonds. The van der Waals surface area contributed by atoms with E-state index in [4.69, 9.17) is 19.2 Å². The standard InChI is InChI=1S/C24H34N4O3/c1-3-25-24(27-16-21-9-10-23(26-15-21)31-14-13-29-2)28-12-11-22(17-28)19-30-18-20-7-5-4-6-8-20/h4-10,15,22H,3,11-14,16-19H2,1-2H3,(H,25,27). The van der Waals surface area contributed by atoms with Gasteiger partial charge in [-0.2, -0.15) is 0 Å². The highest BCUT2D eigenvalue weighted by atomic mass is 16.5. The van der Waals surface area contributed by atoms with Crippen LogP contribution >= 0.6 is 0 Å². The summed E-state index contributed by atoms with van der Waals surface area (Å²) in [6.45, 7) is 7.97. The predicted molar refractivity (Wildman–Crippen MR) is 122 cm³/mol. The molecule has 3 rings (SSSR count). The number of ether oxygens (including phenoxy) is 3. The summed E-state index contributed by atoms with van der Waals surface area (Å²) in [5.41, 5.74) is 2.27. The molecule has 7 heteroatoms. The van der Waals surface area contributed by atoms with Gasteiger partial charge in [-0.15, -0.1) is 0 Å². The Hall–Kier alpha value is -2.64. The van der Waals surface area contributed by atoms with Crippen molar-refractivity contribution in [2.75, 3.05) is 46.6 Å². The van der Waals surface area contributed by atoms with Crippen LogP contribution in [-0.4, -0.2) is 62.4 Å². The minimum atomic E-state index is 0.497. The Balaban J connectivity index is 1.46. The average molecular weight is 427 g/mol. The molecule has 0 bridgehead atoms. The summed E-state index contributed by atoms with van der Waals surface area (Å²) in [5, 5.41) is 3.42. The summed E-state index contributed by atoms with van der Waals surface area (Å²) in [4.78, 5) is 11.5. The maximum atomic E-state index is 5.95. The third-order valence-electron chi connectivity index (χ3n) is 5.13. The van der Waals surface area contributed by atoms with Gasteiger partial charge in [-0.1, -0.05) is 36.4 Å². The molecular weight excluding hydrogens is 392 g/mol. The van der Waals surface area contributed by atoms with E-state index >= 15 is 0 Å². The lowest BCUT2D eigenvalue weighted by Gasteiger charge is -2.21. The minimum absolute atomic E-state index is 0.497. The molecule has 2 heterocycles. The van der Waals surface area contributed by atoms with E-state index in [1.165, 1.54) is 5.56 Å². The first-order valence-electron chi connectivity index (χ1n) is 11.0. The molecule has 1 aromatic heterocycles. The zero-order chi connectivity index (χ0) is 21.7. The number of guanidine groups is 1. The van der Waals surface area contributed by atoms with Crippen molar-refractivity contribution in [3.63, 3.8) is 0 Å². The van der Waals surface area contributed by atoms with E-state index in [1.807, 2.05) is 36.5 Å². The Morgan fingerprint density at radius 1 is 1.16 bits per heavy atom. The van der Waals surface area contributed by atoms with Crippen molar-refractivity contribution >= 4 is 5.96 Å². The van der Waals surface area contributed by atoms with Crippen molar-refractivity contribution in [2.24, 2.45) is 10.9 Å². The SMILES string of the molecule is CCNC(=NCc1ccc(OCCOC)nc1)N1CCC(COCc2ccccc2)C1. The van der Waals surface area contributed by atoms with E-state index in [0.717, 1.165) is 44.2 Å². The van der Waals surface area contributed by atoms with Gasteiger partial charge in [0.15, 0.2) is 5.96 Å². The molecule has 1 aliphatic rings. The van der Waals surface area contributed by atoms with E-state index < -0.39 is 0 Å². The van der Waals surface area contributed by atoms with Gasteiger partial charge in [-0.05, 0) is 24.5 Å². The van der Waals surface area contributed by atoms with Gasteiger partial charge in [0.2, 0.25) is 5.88 Å². The van der Waals surface area contributed by atoms with Gasteiger partial charge in [-0.3, -0.25) is 0 Å². The second kappa shape index (κ2) is 12.9. The molecular formula is C24H34N4O3. The Kier molecular flexibility index (Phi) is 9.60. The van der Waals surface area contributed by atoms with Crippen LogP contribution in [0.1, 0.15) is 24.5 Å². The first-order chi connectivity index (χ1) is 15.3. The fraction of sp³-hybridized carbons (Fsp3) is 0.500. The molecule has 1 aliphatic heterocycles. The molecule has 1 saturated heterocycles. The van der Waals surface area contributed by atoms with Crippen molar-refractivity contribution in [3.8, 4) is 5.88 Å². The Morgan fingerprint density at radius 3 is 2.77 bits per heavy atom. The number of methoxy groups -OCH3 is 1. The lowest BCUT2D eigenvalue weighted by atomic mass is 10.1. The van der Waals surface area contributed by atoms with Crippen LogP contribution in [0, 0.1) is 5.92 Å².